The predicted molar refractivity (Wildman–Crippen MR) is 109 cm³/mol. The highest BCUT2D eigenvalue weighted by molar-refractivity contribution is 6.31. The van der Waals surface area contributed by atoms with Gasteiger partial charge in [0.25, 0.3) is 11.8 Å². The van der Waals surface area contributed by atoms with Crippen molar-refractivity contribution in [3.8, 4) is 5.75 Å². The molecule has 0 aliphatic carbocycles. The van der Waals surface area contributed by atoms with Crippen LogP contribution in [0.25, 0.3) is 0 Å². The molecule has 2 amide bonds. The Bertz CT molecular complexity index is 1040. The fourth-order valence-electron chi connectivity index (χ4n) is 2.57. The molecule has 0 spiro atoms. The van der Waals surface area contributed by atoms with Crippen molar-refractivity contribution < 1.29 is 14.3 Å². The Balaban J connectivity index is 1.79. The first kappa shape index (κ1) is 19.4. The van der Waals surface area contributed by atoms with Gasteiger partial charge in [0.15, 0.2) is 0 Å². The first-order valence-electron chi connectivity index (χ1n) is 8.46. The monoisotopic (exact) mass is 395 g/mol. The number of methoxy groups -OCH3 is 1. The third kappa shape index (κ3) is 4.47. The van der Waals surface area contributed by atoms with Gasteiger partial charge in [-0.1, -0.05) is 29.8 Å². The van der Waals surface area contributed by atoms with Crippen molar-refractivity contribution in [2.75, 3.05) is 17.7 Å². The number of para-hydroxylation sites is 1. The number of rotatable bonds is 5. The molecule has 3 rings (SSSR count). The van der Waals surface area contributed by atoms with Crippen molar-refractivity contribution in [3.05, 3.63) is 82.6 Å². The molecule has 3 aromatic rings. The first-order valence-corrected chi connectivity index (χ1v) is 8.83. The van der Waals surface area contributed by atoms with E-state index in [1.54, 1.807) is 24.3 Å². The van der Waals surface area contributed by atoms with Crippen LogP contribution in [0.5, 0.6) is 5.75 Å². The van der Waals surface area contributed by atoms with Crippen LogP contribution in [-0.2, 0) is 0 Å². The van der Waals surface area contributed by atoms with E-state index in [0.717, 1.165) is 5.56 Å². The number of nitrogens with zero attached hydrogens (tertiary/aromatic N) is 1. The molecule has 1 heterocycles. The number of aryl methyl sites for hydroxylation is 1. The summed E-state index contributed by atoms with van der Waals surface area (Å²) in [5, 5.41) is 5.99. The van der Waals surface area contributed by atoms with E-state index < -0.39 is 5.91 Å². The van der Waals surface area contributed by atoms with Crippen LogP contribution in [-0.4, -0.2) is 23.9 Å². The van der Waals surface area contributed by atoms with Crippen molar-refractivity contribution in [1.82, 2.24) is 4.98 Å². The summed E-state index contributed by atoms with van der Waals surface area (Å²) in [5.41, 5.74) is 2.48. The van der Waals surface area contributed by atoms with Crippen LogP contribution in [0.3, 0.4) is 0 Å². The molecule has 1 aromatic heterocycles. The van der Waals surface area contributed by atoms with Gasteiger partial charge in [-0.3, -0.25) is 14.6 Å². The molecule has 2 N–H and O–H groups in total. The second-order valence-electron chi connectivity index (χ2n) is 6.00. The van der Waals surface area contributed by atoms with Gasteiger partial charge < -0.3 is 15.4 Å². The van der Waals surface area contributed by atoms with Crippen LogP contribution in [0.4, 0.5) is 11.4 Å². The van der Waals surface area contributed by atoms with E-state index in [0.29, 0.717) is 27.7 Å². The summed E-state index contributed by atoms with van der Waals surface area (Å²) >= 11 is 5.98. The lowest BCUT2D eigenvalue weighted by molar-refractivity contribution is 0.102. The predicted octanol–water partition coefficient (Wildman–Crippen LogP) is 4.56. The average Bonchev–Trinajstić information content (AvgIpc) is 2.70. The SMILES string of the molecule is COc1ccc(Cl)cc1NC(=O)c1cc(C(=O)Nc2ccccc2C)ccn1. The summed E-state index contributed by atoms with van der Waals surface area (Å²) in [4.78, 5) is 29.2. The van der Waals surface area contributed by atoms with E-state index in [4.69, 9.17) is 16.3 Å². The Morgan fingerprint density at radius 3 is 2.46 bits per heavy atom. The molecule has 28 heavy (non-hydrogen) atoms. The lowest BCUT2D eigenvalue weighted by Gasteiger charge is -2.11. The standard InChI is InChI=1S/C21H18ClN3O3/c1-13-5-3-4-6-16(13)24-20(26)14-9-10-23-18(11-14)21(27)25-17-12-15(22)7-8-19(17)28-2/h3-12H,1-2H3,(H,24,26)(H,25,27). The zero-order valence-corrected chi connectivity index (χ0v) is 16.1. The molecule has 0 fully saturated rings. The van der Waals surface area contributed by atoms with Crippen molar-refractivity contribution >= 4 is 34.8 Å². The van der Waals surface area contributed by atoms with Crippen LogP contribution in [0.2, 0.25) is 5.02 Å². The lowest BCUT2D eigenvalue weighted by atomic mass is 10.1. The maximum Gasteiger partial charge on any atom is 0.274 e. The number of ether oxygens (including phenoxy) is 1. The number of benzene rings is 2. The average molecular weight is 396 g/mol. The summed E-state index contributed by atoms with van der Waals surface area (Å²) in [7, 11) is 1.49. The van der Waals surface area contributed by atoms with Gasteiger partial charge in [0.1, 0.15) is 11.4 Å². The maximum atomic E-state index is 12.6. The van der Waals surface area contributed by atoms with Gasteiger partial charge in [-0.05, 0) is 48.9 Å². The highest BCUT2D eigenvalue weighted by Crippen LogP contribution is 2.28. The summed E-state index contributed by atoms with van der Waals surface area (Å²) in [5.74, 6) is -0.344. The smallest absolute Gasteiger partial charge is 0.274 e. The van der Waals surface area contributed by atoms with Crippen LogP contribution in [0.1, 0.15) is 26.4 Å². The molecule has 7 heteroatoms. The van der Waals surface area contributed by atoms with Crippen LogP contribution in [0, 0.1) is 6.92 Å². The number of halogens is 1. The molecule has 0 saturated heterocycles. The summed E-state index contributed by atoms with van der Waals surface area (Å²) < 4.78 is 5.22. The summed E-state index contributed by atoms with van der Waals surface area (Å²) in [6.07, 6.45) is 1.41. The number of pyridine rings is 1. The summed E-state index contributed by atoms with van der Waals surface area (Å²) in [6, 6.07) is 15.3. The third-order valence-electron chi connectivity index (χ3n) is 4.06. The third-order valence-corrected chi connectivity index (χ3v) is 4.29. The topological polar surface area (TPSA) is 80.3 Å². The number of aromatic nitrogens is 1. The minimum atomic E-state index is -0.480. The van der Waals surface area contributed by atoms with Gasteiger partial charge in [-0.15, -0.1) is 0 Å². The molecule has 142 valence electrons. The number of nitrogens with one attached hydrogen (secondary N) is 2. The largest absolute Gasteiger partial charge is 0.495 e. The van der Waals surface area contributed by atoms with Gasteiger partial charge in [0.05, 0.1) is 12.8 Å². The van der Waals surface area contributed by atoms with E-state index in [9.17, 15) is 9.59 Å². The molecule has 0 unspecified atom stereocenters. The first-order chi connectivity index (χ1) is 13.5. The van der Waals surface area contributed by atoms with Crippen LogP contribution < -0.4 is 15.4 Å². The molecule has 0 saturated carbocycles. The Kier molecular flexibility index (Phi) is 5.91. The van der Waals surface area contributed by atoms with Gasteiger partial charge >= 0.3 is 0 Å². The van der Waals surface area contributed by atoms with Crippen molar-refractivity contribution in [1.29, 1.82) is 0 Å². The second-order valence-corrected chi connectivity index (χ2v) is 6.43. The van der Waals surface area contributed by atoms with E-state index >= 15 is 0 Å². The van der Waals surface area contributed by atoms with Crippen molar-refractivity contribution in [2.45, 2.75) is 6.92 Å². The van der Waals surface area contributed by atoms with Gasteiger partial charge in [0.2, 0.25) is 0 Å². The maximum absolute atomic E-state index is 12.6. The van der Waals surface area contributed by atoms with Gasteiger partial charge in [-0.25, -0.2) is 0 Å². The number of carbonyl (C=O) groups excluding carboxylic acids is 2. The van der Waals surface area contributed by atoms with E-state index in [1.807, 2.05) is 31.2 Å². The van der Waals surface area contributed by atoms with E-state index in [1.165, 1.54) is 19.4 Å². The minimum absolute atomic E-state index is 0.0967. The van der Waals surface area contributed by atoms with Crippen LogP contribution in [0.15, 0.2) is 60.8 Å². The Hall–Kier alpha value is -3.38. The number of anilines is 2. The Labute approximate surface area is 167 Å². The minimum Gasteiger partial charge on any atom is -0.495 e. The van der Waals surface area contributed by atoms with E-state index in [-0.39, 0.29) is 11.6 Å². The number of hydrogen-bond donors (Lipinski definition) is 2. The van der Waals surface area contributed by atoms with Crippen molar-refractivity contribution in [3.63, 3.8) is 0 Å². The molecular weight excluding hydrogens is 378 g/mol. The van der Waals surface area contributed by atoms with Gasteiger partial charge in [-0.2, -0.15) is 0 Å². The molecule has 0 radical (unpaired) electrons. The van der Waals surface area contributed by atoms with E-state index in [2.05, 4.69) is 15.6 Å². The molecule has 0 atom stereocenters. The normalized spacial score (nSPS) is 10.2. The van der Waals surface area contributed by atoms with Crippen molar-refractivity contribution in [2.24, 2.45) is 0 Å². The molecule has 2 aromatic carbocycles. The Morgan fingerprint density at radius 2 is 1.71 bits per heavy atom. The summed E-state index contributed by atoms with van der Waals surface area (Å²) in [6.45, 7) is 1.90. The zero-order chi connectivity index (χ0) is 20.1. The number of amides is 2. The molecule has 0 bridgehead atoms. The quantitative estimate of drug-likeness (QED) is 0.663. The van der Waals surface area contributed by atoms with Crippen LogP contribution >= 0.6 is 11.6 Å². The fraction of sp³-hybridized carbons (Fsp3) is 0.0952. The Morgan fingerprint density at radius 1 is 0.964 bits per heavy atom. The highest BCUT2D eigenvalue weighted by atomic mass is 35.5. The fourth-order valence-corrected chi connectivity index (χ4v) is 2.74. The molecule has 0 aliphatic heterocycles. The second kappa shape index (κ2) is 8.54. The molecule has 0 aliphatic rings. The molecule has 6 nitrogen and oxygen atoms in total. The number of carbonyl (C=O) groups is 2. The number of hydrogen-bond acceptors (Lipinski definition) is 4. The lowest BCUT2D eigenvalue weighted by Crippen LogP contribution is -2.17. The molecular formula is C21H18ClN3O3. The zero-order valence-electron chi connectivity index (χ0n) is 15.3. The van der Waals surface area contributed by atoms with Gasteiger partial charge in [0, 0.05) is 22.5 Å². The highest BCUT2D eigenvalue weighted by Gasteiger charge is 2.15.